The molecular weight excluding hydrogens is 554 g/mol. The number of anilines is 2. The zero-order valence-corrected chi connectivity index (χ0v) is 24.1. The molecular formula is C32H31N3O6S. The lowest BCUT2D eigenvalue weighted by atomic mass is 10.1. The van der Waals surface area contributed by atoms with E-state index in [0.29, 0.717) is 41.4 Å². The van der Waals surface area contributed by atoms with Crippen LogP contribution in [0.3, 0.4) is 0 Å². The lowest BCUT2D eigenvalue weighted by Gasteiger charge is -2.22. The van der Waals surface area contributed by atoms with E-state index < -0.39 is 22.5 Å². The number of hydrogen-bond acceptors (Lipinski definition) is 6. The van der Waals surface area contributed by atoms with E-state index in [-0.39, 0.29) is 17.3 Å². The highest BCUT2D eigenvalue weighted by molar-refractivity contribution is 7.89. The molecule has 4 aromatic rings. The summed E-state index contributed by atoms with van der Waals surface area (Å²) in [6, 6.07) is 27.4. The number of nitrogens with one attached hydrogen (secondary N) is 1. The molecule has 0 atom stereocenters. The van der Waals surface area contributed by atoms with Gasteiger partial charge in [-0.25, -0.2) is 8.42 Å². The number of amides is 2. The first-order chi connectivity index (χ1) is 20.3. The van der Waals surface area contributed by atoms with Crippen molar-refractivity contribution in [2.45, 2.75) is 17.9 Å². The maximum atomic E-state index is 13.6. The molecule has 1 N–H and O–H groups in total. The van der Waals surface area contributed by atoms with E-state index in [1.54, 1.807) is 60.5 Å². The predicted octanol–water partition coefficient (Wildman–Crippen LogP) is 4.74. The Morgan fingerprint density at radius 1 is 0.857 bits per heavy atom. The van der Waals surface area contributed by atoms with Crippen LogP contribution >= 0.6 is 0 Å². The Morgan fingerprint density at radius 2 is 1.50 bits per heavy atom. The van der Waals surface area contributed by atoms with Crippen molar-refractivity contribution < 1.29 is 27.5 Å². The van der Waals surface area contributed by atoms with Crippen LogP contribution < -0.4 is 19.7 Å². The molecule has 0 aliphatic carbocycles. The predicted molar refractivity (Wildman–Crippen MR) is 160 cm³/mol. The van der Waals surface area contributed by atoms with E-state index in [9.17, 15) is 18.0 Å². The van der Waals surface area contributed by atoms with Crippen molar-refractivity contribution >= 4 is 33.2 Å². The molecule has 9 nitrogen and oxygen atoms in total. The number of nitrogens with zero attached hydrogens (tertiary/aromatic N) is 2. The number of carbonyl (C=O) groups is 2. The molecule has 0 saturated carbocycles. The molecule has 1 aliphatic heterocycles. The summed E-state index contributed by atoms with van der Waals surface area (Å²) in [5, 5.41) is 2.82. The monoisotopic (exact) mass is 585 g/mol. The minimum Gasteiger partial charge on any atom is -0.497 e. The maximum Gasteiger partial charge on any atom is 0.258 e. The fourth-order valence-corrected chi connectivity index (χ4v) is 6.21. The van der Waals surface area contributed by atoms with Crippen molar-refractivity contribution in [3.05, 3.63) is 114 Å². The van der Waals surface area contributed by atoms with Gasteiger partial charge < -0.3 is 19.7 Å². The van der Waals surface area contributed by atoms with E-state index in [1.165, 1.54) is 19.2 Å². The van der Waals surface area contributed by atoms with Crippen LogP contribution in [-0.4, -0.2) is 51.8 Å². The first kappa shape index (κ1) is 28.8. The molecule has 1 aliphatic rings. The quantitative estimate of drug-likeness (QED) is 0.288. The minimum absolute atomic E-state index is 0.0109. The molecule has 5 rings (SSSR count). The largest absolute Gasteiger partial charge is 0.497 e. The Bertz CT molecular complexity index is 1670. The Kier molecular flexibility index (Phi) is 8.56. The van der Waals surface area contributed by atoms with Crippen molar-refractivity contribution in [2.75, 3.05) is 37.5 Å². The summed E-state index contributed by atoms with van der Waals surface area (Å²) in [6.07, 6.45) is 0.691. The highest BCUT2D eigenvalue weighted by atomic mass is 32.2. The average Bonchev–Trinajstić information content (AvgIpc) is 3.44. The third kappa shape index (κ3) is 6.29. The number of ether oxygens (including phenoxy) is 2. The molecule has 0 unspecified atom stereocenters. The van der Waals surface area contributed by atoms with Gasteiger partial charge in [-0.05, 0) is 78.2 Å². The van der Waals surface area contributed by atoms with Crippen LogP contribution in [0.2, 0.25) is 0 Å². The van der Waals surface area contributed by atoms with Gasteiger partial charge in [-0.2, -0.15) is 4.31 Å². The van der Waals surface area contributed by atoms with E-state index in [2.05, 4.69) is 5.32 Å². The summed E-state index contributed by atoms with van der Waals surface area (Å²) in [6.45, 7) is 0.119. The standard InChI is InChI=1S/C32H31N3O6S/c1-40-27-12-9-25(10-13-27)32(37)35-19-18-24-8-11-26(20-30(24)35)33-31(36)22-34(21-23-6-4-3-5-7-23)42(38,39)29-16-14-28(41-2)15-17-29/h3-17,20H,18-19,21-22H2,1-2H3,(H,33,36). The van der Waals surface area contributed by atoms with Gasteiger partial charge in [-0.3, -0.25) is 9.59 Å². The van der Waals surface area contributed by atoms with E-state index in [4.69, 9.17) is 9.47 Å². The zero-order chi connectivity index (χ0) is 29.7. The van der Waals surface area contributed by atoms with Gasteiger partial charge >= 0.3 is 0 Å². The second kappa shape index (κ2) is 12.5. The van der Waals surface area contributed by atoms with Gasteiger partial charge in [-0.1, -0.05) is 36.4 Å². The van der Waals surface area contributed by atoms with Crippen LogP contribution in [0.5, 0.6) is 11.5 Å². The number of benzene rings is 4. The van der Waals surface area contributed by atoms with Gasteiger partial charge in [0.2, 0.25) is 15.9 Å². The fourth-order valence-electron chi connectivity index (χ4n) is 4.83. The third-order valence-electron chi connectivity index (χ3n) is 7.07. The van der Waals surface area contributed by atoms with Crippen LogP contribution in [0.1, 0.15) is 21.5 Å². The maximum absolute atomic E-state index is 13.6. The highest BCUT2D eigenvalue weighted by Gasteiger charge is 2.29. The zero-order valence-electron chi connectivity index (χ0n) is 23.3. The molecule has 0 fully saturated rings. The Labute approximate surface area is 245 Å². The second-order valence-corrected chi connectivity index (χ2v) is 11.7. The molecule has 0 radical (unpaired) electrons. The van der Waals surface area contributed by atoms with Crippen LogP contribution in [0.15, 0.2) is 102 Å². The summed E-state index contributed by atoms with van der Waals surface area (Å²) in [4.78, 5) is 28.3. The van der Waals surface area contributed by atoms with E-state index in [0.717, 1.165) is 15.4 Å². The molecule has 2 amide bonds. The summed E-state index contributed by atoms with van der Waals surface area (Å²) >= 11 is 0. The number of rotatable bonds is 10. The normalized spacial score (nSPS) is 12.6. The first-order valence-corrected chi connectivity index (χ1v) is 14.8. The van der Waals surface area contributed by atoms with Gasteiger partial charge in [0.1, 0.15) is 11.5 Å². The number of methoxy groups -OCH3 is 2. The van der Waals surface area contributed by atoms with Gasteiger partial charge in [0.25, 0.3) is 5.91 Å². The molecule has 216 valence electrons. The SMILES string of the molecule is COc1ccc(C(=O)N2CCc3ccc(NC(=O)CN(Cc4ccccc4)S(=O)(=O)c4ccc(OC)cc4)cc32)cc1. The number of hydrogen-bond donors (Lipinski definition) is 1. The smallest absolute Gasteiger partial charge is 0.258 e. The van der Waals surface area contributed by atoms with Gasteiger partial charge in [0.05, 0.1) is 25.7 Å². The molecule has 0 aromatic heterocycles. The molecule has 0 saturated heterocycles. The van der Waals surface area contributed by atoms with Crippen LogP contribution in [0, 0.1) is 0 Å². The number of sulfonamides is 1. The average molecular weight is 586 g/mol. The van der Waals surface area contributed by atoms with Crippen molar-refractivity contribution in [3.8, 4) is 11.5 Å². The summed E-state index contributed by atoms with van der Waals surface area (Å²) < 4.78 is 38.7. The van der Waals surface area contributed by atoms with Gasteiger partial charge in [0.15, 0.2) is 0 Å². The summed E-state index contributed by atoms with van der Waals surface area (Å²) in [5.74, 6) is 0.527. The molecule has 4 aromatic carbocycles. The minimum atomic E-state index is -4.02. The van der Waals surface area contributed by atoms with Gasteiger partial charge in [0, 0.05) is 30.0 Å². The summed E-state index contributed by atoms with van der Waals surface area (Å²) in [5.41, 5.74) is 3.43. The van der Waals surface area contributed by atoms with E-state index >= 15 is 0 Å². The van der Waals surface area contributed by atoms with Crippen LogP contribution in [0.25, 0.3) is 0 Å². The molecule has 10 heteroatoms. The second-order valence-electron chi connectivity index (χ2n) is 9.76. The number of carbonyl (C=O) groups excluding carboxylic acids is 2. The van der Waals surface area contributed by atoms with Gasteiger partial charge in [-0.15, -0.1) is 0 Å². The Morgan fingerprint density at radius 3 is 2.14 bits per heavy atom. The lowest BCUT2D eigenvalue weighted by molar-refractivity contribution is -0.116. The van der Waals surface area contributed by atoms with Crippen molar-refractivity contribution in [1.82, 2.24) is 4.31 Å². The van der Waals surface area contributed by atoms with Crippen molar-refractivity contribution in [2.24, 2.45) is 0 Å². The van der Waals surface area contributed by atoms with Crippen molar-refractivity contribution in [3.63, 3.8) is 0 Å². The highest BCUT2D eigenvalue weighted by Crippen LogP contribution is 2.32. The molecule has 0 bridgehead atoms. The first-order valence-electron chi connectivity index (χ1n) is 13.4. The molecule has 1 heterocycles. The van der Waals surface area contributed by atoms with Crippen LogP contribution in [0.4, 0.5) is 11.4 Å². The summed E-state index contributed by atoms with van der Waals surface area (Å²) in [7, 11) is -0.951. The molecule has 42 heavy (non-hydrogen) atoms. The molecule has 0 spiro atoms. The van der Waals surface area contributed by atoms with Crippen molar-refractivity contribution in [1.29, 1.82) is 0 Å². The van der Waals surface area contributed by atoms with E-state index in [1.807, 2.05) is 36.4 Å². The topological polar surface area (TPSA) is 105 Å². The fraction of sp³-hybridized carbons (Fsp3) is 0.188. The third-order valence-corrected chi connectivity index (χ3v) is 8.87. The lowest BCUT2D eigenvalue weighted by Crippen LogP contribution is -2.37. The Hall–Kier alpha value is -4.67. The number of fused-ring (bicyclic) bond motifs is 1. The Balaban J connectivity index is 1.35. The van der Waals surface area contributed by atoms with Crippen LogP contribution in [-0.2, 0) is 27.8 Å².